The molecule has 0 saturated carbocycles. The summed E-state index contributed by atoms with van der Waals surface area (Å²) in [5.41, 5.74) is 0. The Bertz CT molecular complexity index is 315. The first-order valence-corrected chi connectivity index (χ1v) is 5.51. The lowest BCUT2D eigenvalue weighted by Gasteiger charge is -2.12. The van der Waals surface area contributed by atoms with Crippen molar-refractivity contribution in [2.45, 2.75) is 13.8 Å². The Morgan fingerprint density at radius 1 is 1.21 bits per heavy atom. The zero-order valence-corrected chi connectivity index (χ0v) is 10.3. The SMILES string of the molecule is CCOc1cc(F)cc(I)c1OCC. The van der Waals surface area contributed by atoms with Crippen molar-refractivity contribution in [3.05, 3.63) is 21.5 Å². The van der Waals surface area contributed by atoms with Crippen LogP contribution in [0.25, 0.3) is 0 Å². The highest BCUT2D eigenvalue weighted by Gasteiger charge is 2.11. The van der Waals surface area contributed by atoms with E-state index in [9.17, 15) is 4.39 Å². The maximum atomic E-state index is 13.0. The molecule has 0 aliphatic carbocycles. The number of rotatable bonds is 4. The molecule has 0 bridgehead atoms. The third-order valence-corrected chi connectivity index (χ3v) is 2.36. The molecule has 0 aromatic heterocycles. The molecule has 1 rings (SSSR count). The highest BCUT2D eigenvalue weighted by Crippen LogP contribution is 2.33. The van der Waals surface area contributed by atoms with Crippen molar-refractivity contribution in [1.82, 2.24) is 0 Å². The monoisotopic (exact) mass is 310 g/mol. The van der Waals surface area contributed by atoms with Gasteiger partial charge in [-0.2, -0.15) is 0 Å². The van der Waals surface area contributed by atoms with Crippen LogP contribution in [-0.2, 0) is 0 Å². The van der Waals surface area contributed by atoms with E-state index in [-0.39, 0.29) is 5.82 Å². The molecule has 1 aromatic carbocycles. The van der Waals surface area contributed by atoms with Crippen LogP contribution in [0.3, 0.4) is 0 Å². The van der Waals surface area contributed by atoms with Gasteiger partial charge in [0.1, 0.15) is 5.82 Å². The molecule has 0 atom stereocenters. The fraction of sp³-hybridized carbons (Fsp3) is 0.400. The number of hydrogen-bond donors (Lipinski definition) is 0. The van der Waals surface area contributed by atoms with Crippen molar-refractivity contribution in [3.63, 3.8) is 0 Å². The summed E-state index contributed by atoms with van der Waals surface area (Å²) in [6.45, 7) is 4.78. The Morgan fingerprint density at radius 3 is 2.43 bits per heavy atom. The van der Waals surface area contributed by atoms with Crippen LogP contribution in [0, 0.1) is 9.39 Å². The predicted molar refractivity (Wildman–Crippen MR) is 61.5 cm³/mol. The van der Waals surface area contributed by atoms with E-state index < -0.39 is 0 Å². The highest BCUT2D eigenvalue weighted by atomic mass is 127. The van der Waals surface area contributed by atoms with E-state index in [2.05, 4.69) is 0 Å². The molecular formula is C10H12FIO2. The van der Waals surface area contributed by atoms with E-state index in [0.717, 1.165) is 3.57 Å². The third kappa shape index (κ3) is 2.73. The second-order valence-corrected chi connectivity index (χ2v) is 3.74. The van der Waals surface area contributed by atoms with Crippen LogP contribution in [0.1, 0.15) is 13.8 Å². The predicted octanol–water partition coefficient (Wildman–Crippen LogP) is 3.23. The minimum absolute atomic E-state index is 0.304. The lowest BCUT2D eigenvalue weighted by molar-refractivity contribution is 0.284. The first-order chi connectivity index (χ1) is 6.69. The van der Waals surface area contributed by atoms with Gasteiger partial charge < -0.3 is 9.47 Å². The minimum atomic E-state index is -0.304. The summed E-state index contributed by atoms with van der Waals surface area (Å²) in [5.74, 6) is 0.788. The number of benzene rings is 1. The van der Waals surface area contributed by atoms with Crippen molar-refractivity contribution in [1.29, 1.82) is 0 Å². The van der Waals surface area contributed by atoms with Crippen LogP contribution in [-0.4, -0.2) is 13.2 Å². The van der Waals surface area contributed by atoms with Gasteiger partial charge in [0.05, 0.1) is 16.8 Å². The van der Waals surface area contributed by atoms with E-state index in [4.69, 9.17) is 9.47 Å². The standard InChI is InChI=1S/C10H12FIO2/c1-3-13-9-6-7(11)5-8(12)10(9)14-4-2/h5-6H,3-4H2,1-2H3. The molecule has 4 heteroatoms. The van der Waals surface area contributed by atoms with E-state index in [0.29, 0.717) is 24.7 Å². The molecule has 0 radical (unpaired) electrons. The highest BCUT2D eigenvalue weighted by molar-refractivity contribution is 14.1. The van der Waals surface area contributed by atoms with Gasteiger partial charge in [-0.15, -0.1) is 0 Å². The Kier molecular flexibility index (Phi) is 4.44. The summed E-state index contributed by atoms with van der Waals surface area (Å²) in [7, 11) is 0. The van der Waals surface area contributed by atoms with Gasteiger partial charge in [0.15, 0.2) is 11.5 Å². The molecule has 78 valence electrons. The fourth-order valence-corrected chi connectivity index (χ4v) is 1.80. The summed E-state index contributed by atoms with van der Waals surface area (Å²) in [4.78, 5) is 0. The van der Waals surface area contributed by atoms with Crippen LogP contribution in [0.5, 0.6) is 11.5 Å². The number of halogens is 2. The minimum Gasteiger partial charge on any atom is -0.490 e. The Labute approximate surface area is 96.5 Å². The molecular weight excluding hydrogens is 298 g/mol. The van der Waals surface area contributed by atoms with E-state index in [1.54, 1.807) is 0 Å². The van der Waals surface area contributed by atoms with Crippen molar-refractivity contribution in [3.8, 4) is 11.5 Å². The average molecular weight is 310 g/mol. The summed E-state index contributed by atoms with van der Waals surface area (Å²) in [6.07, 6.45) is 0. The molecule has 0 fully saturated rings. The zero-order valence-electron chi connectivity index (χ0n) is 8.14. The summed E-state index contributed by atoms with van der Waals surface area (Å²) in [5, 5.41) is 0. The van der Waals surface area contributed by atoms with Gasteiger partial charge in [-0.05, 0) is 42.5 Å². The molecule has 1 aromatic rings. The second kappa shape index (κ2) is 5.38. The van der Waals surface area contributed by atoms with Crippen molar-refractivity contribution >= 4 is 22.6 Å². The fourth-order valence-electron chi connectivity index (χ4n) is 1.08. The zero-order chi connectivity index (χ0) is 10.6. The molecule has 0 aliphatic rings. The van der Waals surface area contributed by atoms with Crippen molar-refractivity contribution in [2.75, 3.05) is 13.2 Å². The van der Waals surface area contributed by atoms with Crippen LogP contribution in [0.15, 0.2) is 12.1 Å². The first-order valence-electron chi connectivity index (χ1n) is 4.43. The molecule has 0 heterocycles. The molecule has 14 heavy (non-hydrogen) atoms. The molecule has 0 amide bonds. The van der Waals surface area contributed by atoms with E-state index >= 15 is 0 Å². The Morgan fingerprint density at radius 2 is 1.86 bits per heavy atom. The van der Waals surface area contributed by atoms with Gasteiger partial charge in [-0.25, -0.2) is 4.39 Å². The third-order valence-electron chi connectivity index (χ3n) is 1.56. The van der Waals surface area contributed by atoms with Crippen molar-refractivity contribution < 1.29 is 13.9 Å². The largest absolute Gasteiger partial charge is 0.490 e. The lowest BCUT2D eigenvalue weighted by atomic mass is 10.3. The number of ether oxygens (including phenoxy) is 2. The maximum Gasteiger partial charge on any atom is 0.174 e. The van der Waals surface area contributed by atoms with Gasteiger partial charge in [-0.3, -0.25) is 0 Å². The van der Waals surface area contributed by atoms with Gasteiger partial charge in [-0.1, -0.05) is 0 Å². The van der Waals surface area contributed by atoms with E-state index in [1.165, 1.54) is 12.1 Å². The van der Waals surface area contributed by atoms with Gasteiger partial charge in [0.2, 0.25) is 0 Å². The van der Waals surface area contributed by atoms with Crippen molar-refractivity contribution in [2.24, 2.45) is 0 Å². The lowest BCUT2D eigenvalue weighted by Crippen LogP contribution is -2.00. The van der Waals surface area contributed by atoms with Gasteiger partial charge in [0.25, 0.3) is 0 Å². The summed E-state index contributed by atoms with van der Waals surface area (Å²) >= 11 is 2.03. The molecule has 0 spiro atoms. The Hall–Kier alpha value is -0.520. The van der Waals surface area contributed by atoms with Crippen LogP contribution < -0.4 is 9.47 Å². The Balaban J connectivity index is 3.07. The maximum absolute atomic E-state index is 13.0. The molecule has 0 aliphatic heterocycles. The summed E-state index contributed by atoms with van der Waals surface area (Å²) < 4.78 is 24.4. The number of hydrogen-bond acceptors (Lipinski definition) is 2. The topological polar surface area (TPSA) is 18.5 Å². The average Bonchev–Trinajstić information content (AvgIpc) is 2.11. The smallest absolute Gasteiger partial charge is 0.174 e. The first kappa shape index (κ1) is 11.6. The van der Waals surface area contributed by atoms with Crippen LogP contribution in [0.4, 0.5) is 4.39 Å². The quantitative estimate of drug-likeness (QED) is 0.795. The van der Waals surface area contributed by atoms with Crippen LogP contribution in [0.2, 0.25) is 0 Å². The molecule has 2 nitrogen and oxygen atoms in total. The van der Waals surface area contributed by atoms with Crippen LogP contribution >= 0.6 is 22.6 Å². The van der Waals surface area contributed by atoms with E-state index in [1.807, 2.05) is 36.4 Å². The normalized spacial score (nSPS) is 10.0. The second-order valence-electron chi connectivity index (χ2n) is 2.58. The summed E-state index contributed by atoms with van der Waals surface area (Å²) in [6, 6.07) is 2.77. The molecule has 0 unspecified atom stereocenters. The molecule has 0 N–H and O–H groups in total. The molecule has 0 saturated heterocycles. The van der Waals surface area contributed by atoms with Gasteiger partial charge >= 0.3 is 0 Å². The van der Waals surface area contributed by atoms with Gasteiger partial charge in [0, 0.05) is 6.07 Å².